The Kier molecular flexibility index (Phi) is 7.89. The monoisotopic (exact) mass is 414 g/mol. The van der Waals surface area contributed by atoms with E-state index < -0.39 is 0 Å². The molecule has 1 aromatic rings. The molecule has 0 aromatic heterocycles. The predicted molar refractivity (Wildman–Crippen MR) is 122 cm³/mol. The molecule has 166 valence electrons. The lowest BCUT2D eigenvalue weighted by Crippen LogP contribution is -2.56. The number of nitrogens with zero attached hydrogens (tertiary/aromatic N) is 2. The zero-order valence-electron chi connectivity index (χ0n) is 19.0. The highest BCUT2D eigenvalue weighted by molar-refractivity contribution is 5.93. The van der Waals surface area contributed by atoms with Gasteiger partial charge in [0.15, 0.2) is 0 Å². The molecule has 0 radical (unpaired) electrons. The molecule has 1 aliphatic heterocycles. The summed E-state index contributed by atoms with van der Waals surface area (Å²) in [6.45, 7) is 12.0. The van der Waals surface area contributed by atoms with Gasteiger partial charge in [0.25, 0.3) is 0 Å². The van der Waals surface area contributed by atoms with Crippen LogP contribution in [0.1, 0.15) is 50.7 Å². The summed E-state index contributed by atoms with van der Waals surface area (Å²) in [6, 6.07) is 6.17. The van der Waals surface area contributed by atoms with Gasteiger partial charge >= 0.3 is 0 Å². The molecule has 1 saturated heterocycles. The van der Waals surface area contributed by atoms with Crippen LogP contribution >= 0.6 is 0 Å². The zero-order valence-corrected chi connectivity index (χ0v) is 19.0. The lowest BCUT2D eigenvalue weighted by atomic mass is 9.86. The summed E-state index contributed by atoms with van der Waals surface area (Å²) in [5.41, 5.74) is 3.18. The number of hydrogen-bond acceptors (Lipinski definition) is 4. The van der Waals surface area contributed by atoms with Crippen LogP contribution in [-0.2, 0) is 9.59 Å². The fourth-order valence-corrected chi connectivity index (χ4v) is 4.59. The number of hydrogen-bond donors (Lipinski definition) is 2. The number of aryl methyl sites for hydroxylation is 1. The SMILES string of the molecule is Cc1cccc(NC(=O)CN2CCN([C@@H](C)C(=O)N[C@H]3CCCC[C@@H]3C)CC2)c1C. The number of rotatable bonds is 6. The second kappa shape index (κ2) is 10.4. The van der Waals surface area contributed by atoms with E-state index in [1.807, 2.05) is 26.0 Å². The largest absolute Gasteiger partial charge is 0.352 e. The number of nitrogens with one attached hydrogen (secondary N) is 2. The van der Waals surface area contributed by atoms with Crippen molar-refractivity contribution < 1.29 is 9.59 Å². The number of benzene rings is 1. The standard InChI is InChI=1S/C24H38N4O2/c1-17-9-7-11-22(19(17)3)25-23(29)16-27-12-14-28(15-13-27)20(4)24(30)26-21-10-6-5-8-18(21)2/h7,9,11,18,20-21H,5-6,8,10,12-16H2,1-4H3,(H,25,29)(H,26,30)/t18-,20-,21-/m0/s1. The Morgan fingerprint density at radius 2 is 1.80 bits per heavy atom. The van der Waals surface area contributed by atoms with Crippen LogP contribution in [0.25, 0.3) is 0 Å². The van der Waals surface area contributed by atoms with Gasteiger partial charge in [-0.2, -0.15) is 0 Å². The maximum atomic E-state index is 12.7. The van der Waals surface area contributed by atoms with Gasteiger partial charge in [-0.05, 0) is 56.7 Å². The van der Waals surface area contributed by atoms with Gasteiger partial charge in [0.05, 0.1) is 12.6 Å². The Labute approximate surface area is 181 Å². The summed E-state index contributed by atoms with van der Waals surface area (Å²) < 4.78 is 0. The van der Waals surface area contributed by atoms with E-state index in [0.29, 0.717) is 18.5 Å². The van der Waals surface area contributed by atoms with Gasteiger partial charge in [0.1, 0.15) is 0 Å². The van der Waals surface area contributed by atoms with Crippen molar-refractivity contribution in [2.24, 2.45) is 5.92 Å². The third-order valence-corrected chi connectivity index (χ3v) is 7.02. The summed E-state index contributed by atoms with van der Waals surface area (Å²) in [6.07, 6.45) is 4.81. The van der Waals surface area contributed by atoms with Gasteiger partial charge in [0, 0.05) is 37.9 Å². The van der Waals surface area contributed by atoms with Crippen LogP contribution in [0.3, 0.4) is 0 Å². The smallest absolute Gasteiger partial charge is 0.238 e. The molecule has 6 heteroatoms. The first-order chi connectivity index (χ1) is 14.3. The van der Waals surface area contributed by atoms with E-state index >= 15 is 0 Å². The van der Waals surface area contributed by atoms with Crippen molar-refractivity contribution in [3.8, 4) is 0 Å². The van der Waals surface area contributed by atoms with E-state index in [0.717, 1.165) is 43.9 Å². The van der Waals surface area contributed by atoms with Crippen molar-refractivity contribution in [1.29, 1.82) is 0 Å². The second-order valence-corrected chi connectivity index (χ2v) is 9.16. The van der Waals surface area contributed by atoms with Crippen LogP contribution in [0, 0.1) is 19.8 Å². The van der Waals surface area contributed by atoms with Crippen molar-refractivity contribution in [3.63, 3.8) is 0 Å². The van der Waals surface area contributed by atoms with Crippen molar-refractivity contribution in [3.05, 3.63) is 29.3 Å². The van der Waals surface area contributed by atoms with E-state index in [9.17, 15) is 9.59 Å². The number of carbonyl (C=O) groups excluding carboxylic acids is 2. The van der Waals surface area contributed by atoms with Crippen LogP contribution < -0.4 is 10.6 Å². The molecular formula is C24H38N4O2. The lowest BCUT2D eigenvalue weighted by molar-refractivity contribution is -0.128. The first kappa shape index (κ1) is 22.8. The Morgan fingerprint density at radius 3 is 2.50 bits per heavy atom. The normalized spacial score (nSPS) is 24.3. The third kappa shape index (κ3) is 5.82. The Hall–Kier alpha value is -1.92. The minimum atomic E-state index is -0.120. The third-order valence-electron chi connectivity index (χ3n) is 7.02. The molecule has 30 heavy (non-hydrogen) atoms. The van der Waals surface area contributed by atoms with Crippen LogP contribution in [0.15, 0.2) is 18.2 Å². The highest BCUT2D eigenvalue weighted by Gasteiger charge is 2.29. The lowest BCUT2D eigenvalue weighted by Gasteiger charge is -2.38. The van der Waals surface area contributed by atoms with Gasteiger partial charge in [-0.1, -0.05) is 31.9 Å². The summed E-state index contributed by atoms with van der Waals surface area (Å²) in [5, 5.41) is 6.33. The molecule has 2 N–H and O–H groups in total. The van der Waals surface area contributed by atoms with E-state index in [4.69, 9.17) is 0 Å². The minimum Gasteiger partial charge on any atom is -0.352 e. The van der Waals surface area contributed by atoms with E-state index in [-0.39, 0.29) is 17.9 Å². The molecule has 3 atom stereocenters. The van der Waals surface area contributed by atoms with Gasteiger partial charge in [-0.25, -0.2) is 0 Å². The highest BCUT2D eigenvalue weighted by Crippen LogP contribution is 2.24. The molecule has 1 saturated carbocycles. The van der Waals surface area contributed by atoms with Gasteiger partial charge in [-0.15, -0.1) is 0 Å². The molecule has 6 nitrogen and oxygen atoms in total. The molecule has 2 fully saturated rings. The molecule has 0 bridgehead atoms. The fourth-order valence-electron chi connectivity index (χ4n) is 4.59. The molecule has 1 heterocycles. The molecule has 2 amide bonds. The fraction of sp³-hybridized carbons (Fsp3) is 0.667. The minimum absolute atomic E-state index is 0.0224. The average Bonchev–Trinajstić information content (AvgIpc) is 2.73. The molecule has 3 rings (SSSR count). The summed E-state index contributed by atoms with van der Waals surface area (Å²) in [7, 11) is 0. The van der Waals surface area contributed by atoms with Crippen LogP contribution in [0.4, 0.5) is 5.69 Å². The highest BCUT2D eigenvalue weighted by atomic mass is 16.2. The van der Waals surface area contributed by atoms with Gasteiger partial charge in [0.2, 0.25) is 11.8 Å². The summed E-state index contributed by atoms with van der Waals surface area (Å²) in [5.74, 6) is 0.742. The quantitative estimate of drug-likeness (QED) is 0.751. The van der Waals surface area contributed by atoms with Crippen molar-refractivity contribution >= 4 is 17.5 Å². The molecule has 2 aliphatic rings. The van der Waals surface area contributed by atoms with Crippen LogP contribution in [-0.4, -0.2) is 66.4 Å². The molecule has 1 aromatic carbocycles. The molecule has 0 spiro atoms. The molecular weight excluding hydrogens is 376 g/mol. The van der Waals surface area contributed by atoms with Crippen LogP contribution in [0.2, 0.25) is 0 Å². The van der Waals surface area contributed by atoms with E-state index in [1.165, 1.54) is 24.8 Å². The Morgan fingerprint density at radius 1 is 1.10 bits per heavy atom. The van der Waals surface area contributed by atoms with Gasteiger partial charge < -0.3 is 10.6 Å². The maximum Gasteiger partial charge on any atom is 0.238 e. The Balaban J connectivity index is 1.43. The number of carbonyl (C=O) groups is 2. The Bertz CT molecular complexity index is 743. The molecule has 0 unspecified atom stereocenters. The average molecular weight is 415 g/mol. The summed E-state index contributed by atoms with van der Waals surface area (Å²) in [4.78, 5) is 29.6. The first-order valence-electron chi connectivity index (χ1n) is 11.5. The number of amides is 2. The predicted octanol–water partition coefficient (Wildman–Crippen LogP) is 2.94. The zero-order chi connectivity index (χ0) is 21.7. The van der Waals surface area contributed by atoms with E-state index in [1.54, 1.807) is 0 Å². The number of anilines is 1. The topological polar surface area (TPSA) is 64.7 Å². The molecule has 1 aliphatic carbocycles. The van der Waals surface area contributed by atoms with Gasteiger partial charge in [-0.3, -0.25) is 19.4 Å². The van der Waals surface area contributed by atoms with Crippen molar-refractivity contribution in [2.75, 3.05) is 38.0 Å². The maximum absolute atomic E-state index is 12.7. The first-order valence-corrected chi connectivity index (χ1v) is 11.5. The van der Waals surface area contributed by atoms with E-state index in [2.05, 4.69) is 40.3 Å². The van der Waals surface area contributed by atoms with Crippen LogP contribution in [0.5, 0.6) is 0 Å². The van der Waals surface area contributed by atoms with Crippen molar-refractivity contribution in [2.45, 2.75) is 65.5 Å². The number of piperazine rings is 1. The second-order valence-electron chi connectivity index (χ2n) is 9.16. The van der Waals surface area contributed by atoms with Crippen molar-refractivity contribution in [1.82, 2.24) is 15.1 Å². The summed E-state index contributed by atoms with van der Waals surface area (Å²) >= 11 is 0.